The second-order valence-corrected chi connectivity index (χ2v) is 5.11. The number of nitrogens with one attached hydrogen (secondary N) is 1. The van der Waals surface area contributed by atoms with E-state index < -0.39 is 0 Å². The van der Waals surface area contributed by atoms with Gasteiger partial charge in [0.05, 0.1) is 13.2 Å². The molecule has 0 aliphatic carbocycles. The normalized spacial score (nSPS) is 29.5. The first-order valence-electron chi connectivity index (χ1n) is 6.72. The number of morpholine rings is 1. The van der Waals surface area contributed by atoms with Crippen molar-refractivity contribution in [3.63, 3.8) is 0 Å². The number of nitrogens with zero attached hydrogens (tertiary/aromatic N) is 3. The Balaban J connectivity index is 1.68. The minimum atomic E-state index is 0.406. The van der Waals surface area contributed by atoms with Gasteiger partial charge in [-0.1, -0.05) is 0 Å². The Morgan fingerprint density at radius 2 is 2.17 bits per heavy atom. The third-order valence-electron chi connectivity index (χ3n) is 3.70. The lowest BCUT2D eigenvalue weighted by Crippen LogP contribution is -2.37. The van der Waals surface area contributed by atoms with E-state index in [1.807, 2.05) is 0 Å². The predicted molar refractivity (Wildman–Crippen MR) is 66.8 cm³/mol. The van der Waals surface area contributed by atoms with Gasteiger partial charge in [-0.15, -0.1) is 0 Å². The Hall–Kier alpha value is -1.14. The second-order valence-electron chi connectivity index (χ2n) is 5.11. The molecule has 0 saturated carbocycles. The average Bonchev–Trinajstić information content (AvgIpc) is 2.89. The fourth-order valence-corrected chi connectivity index (χ4v) is 2.64. The zero-order valence-electron chi connectivity index (χ0n) is 10.8. The Morgan fingerprint density at radius 1 is 1.33 bits per heavy atom. The van der Waals surface area contributed by atoms with Crippen molar-refractivity contribution in [2.24, 2.45) is 0 Å². The van der Waals surface area contributed by atoms with E-state index in [9.17, 15) is 0 Å². The van der Waals surface area contributed by atoms with Gasteiger partial charge in [0.25, 0.3) is 5.95 Å². The van der Waals surface area contributed by atoms with Crippen LogP contribution >= 0.6 is 0 Å². The first-order valence-corrected chi connectivity index (χ1v) is 6.72. The standard InChI is InChI=1S/C12H20N4O2/c1-9-8-10(2-3-13-9)11-14-12(15-18-11)16-4-6-17-7-5-16/h9-10,13H,2-8H2,1H3. The van der Waals surface area contributed by atoms with Crippen LogP contribution in [-0.4, -0.2) is 49.0 Å². The van der Waals surface area contributed by atoms with Gasteiger partial charge in [-0.05, 0) is 31.5 Å². The summed E-state index contributed by atoms with van der Waals surface area (Å²) >= 11 is 0. The summed E-state index contributed by atoms with van der Waals surface area (Å²) in [6.07, 6.45) is 2.15. The van der Waals surface area contributed by atoms with E-state index in [4.69, 9.17) is 9.26 Å². The minimum absolute atomic E-state index is 0.406. The molecule has 18 heavy (non-hydrogen) atoms. The molecule has 1 aromatic heterocycles. The summed E-state index contributed by atoms with van der Waals surface area (Å²) in [6, 6.07) is 0.530. The highest BCUT2D eigenvalue weighted by molar-refractivity contribution is 5.28. The van der Waals surface area contributed by atoms with Gasteiger partial charge in [0.1, 0.15) is 0 Å². The lowest BCUT2D eigenvalue weighted by atomic mass is 9.93. The molecule has 0 spiro atoms. The molecule has 6 heteroatoms. The van der Waals surface area contributed by atoms with Gasteiger partial charge in [-0.3, -0.25) is 0 Å². The fraction of sp³-hybridized carbons (Fsp3) is 0.833. The van der Waals surface area contributed by atoms with Gasteiger partial charge in [-0.2, -0.15) is 4.98 Å². The van der Waals surface area contributed by atoms with E-state index in [2.05, 4.69) is 27.3 Å². The molecule has 100 valence electrons. The van der Waals surface area contributed by atoms with E-state index in [1.54, 1.807) is 0 Å². The molecule has 0 bridgehead atoms. The maximum atomic E-state index is 5.43. The maximum absolute atomic E-state index is 5.43. The average molecular weight is 252 g/mol. The molecule has 2 aliphatic rings. The quantitative estimate of drug-likeness (QED) is 0.838. The molecule has 2 atom stereocenters. The molecular weight excluding hydrogens is 232 g/mol. The number of hydrogen-bond donors (Lipinski definition) is 1. The zero-order chi connectivity index (χ0) is 12.4. The summed E-state index contributed by atoms with van der Waals surface area (Å²) in [5.74, 6) is 1.92. The number of piperidine rings is 1. The molecule has 0 aromatic carbocycles. The Labute approximate surface area is 107 Å². The van der Waals surface area contributed by atoms with Gasteiger partial charge in [-0.25, -0.2) is 0 Å². The van der Waals surface area contributed by atoms with Gasteiger partial charge < -0.3 is 19.5 Å². The van der Waals surface area contributed by atoms with Crippen LogP contribution in [0.3, 0.4) is 0 Å². The molecule has 2 aliphatic heterocycles. The van der Waals surface area contributed by atoms with Gasteiger partial charge in [0, 0.05) is 25.0 Å². The van der Waals surface area contributed by atoms with Crippen LogP contribution < -0.4 is 10.2 Å². The van der Waals surface area contributed by atoms with Crippen molar-refractivity contribution < 1.29 is 9.26 Å². The monoisotopic (exact) mass is 252 g/mol. The van der Waals surface area contributed by atoms with Crippen LogP contribution in [0.5, 0.6) is 0 Å². The van der Waals surface area contributed by atoms with Crippen LogP contribution in [0.25, 0.3) is 0 Å². The minimum Gasteiger partial charge on any atom is -0.378 e. The smallest absolute Gasteiger partial charge is 0.266 e. The van der Waals surface area contributed by atoms with Crippen LogP contribution in [0.1, 0.15) is 31.6 Å². The number of anilines is 1. The Bertz CT molecular complexity index is 389. The first kappa shape index (κ1) is 11.9. The van der Waals surface area contributed by atoms with Crippen LogP contribution in [0, 0.1) is 0 Å². The van der Waals surface area contributed by atoms with Gasteiger partial charge in [0.15, 0.2) is 0 Å². The predicted octanol–water partition coefficient (Wildman–Crippen LogP) is 0.762. The maximum Gasteiger partial charge on any atom is 0.266 e. The van der Waals surface area contributed by atoms with E-state index >= 15 is 0 Å². The summed E-state index contributed by atoms with van der Waals surface area (Å²) in [6.45, 7) is 6.41. The highest BCUT2D eigenvalue weighted by Gasteiger charge is 2.26. The van der Waals surface area contributed by atoms with Crippen LogP contribution in [0.4, 0.5) is 5.95 Å². The first-order chi connectivity index (χ1) is 8.83. The summed E-state index contributed by atoms with van der Waals surface area (Å²) in [5, 5.41) is 7.54. The molecule has 1 N–H and O–H groups in total. The van der Waals surface area contributed by atoms with E-state index in [0.717, 1.165) is 57.5 Å². The van der Waals surface area contributed by atoms with Gasteiger partial charge in [0.2, 0.25) is 5.89 Å². The molecule has 2 unspecified atom stereocenters. The van der Waals surface area contributed by atoms with Crippen molar-refractivity contribution >= 4 is 5.95 Å². The molecule has 2 saturated heterocycles. The molecule has 3 rings (SSSR count). The van der Waals surface area contributed by atoms with Gasteiger partial charge >= 0.3 is 0 Å². The molecule has 6 nitrogen and oxygen atoms in total. The van der Waals surface area contributed by atoms with Crippen LogP contribution in [-0.2, 0) is 4.74 Å². The van der Waals surface area contributed by atoms with E-state index in [1.165, 1.54) is 0 Å². The van der Waals surface area contributed by atoms with E-state index in [0.29, 0.717) is 12.0 Å². The lowest BCUT2D eigenvalue weighted by molar-refractivity contribution is 0.121. The molecule has 1 aromatic rings. The summed E-state index contributed by atoms with van der Waals surface area (Å²) in [5.41, 5.74) is 0. The van der Waals surface area contributed by atoms with E-state index in [-0.39, 0.29) is 0 Å². The summed E-state index contributed by atoms with van der Waals surface area (Å²) in [7, 11) is 0. The number of hydrogen-bond acceptors (Lipinski definition) is 6. The van der Waals surface area contributed by atoms with Crippen molar-refractivity contribution in [2.45, 2.75) is 31.7 Å². The third-order valence-corrected chi connectivity index (χ3v) is 3.70. The highest BCUT2D eigenvalue weighted by Crippen LogP contribution is 2.27. The molecule has 3 heterocycles. The third kappa shape index (κ3) is 2.49. The Morgan fingerprint density at radius 3 is 2.94 bits per heavy atom. The number of rotatable bonds is 2. The number of aromatic nitrogens is 2. The largest absolute Gasteiger partial charge is 0.378 e. The van der Waals surface area contributed by atoms with Crippen molar-refractivity contribution in [3.05, 3.63) is 5.89 Å². The lowest BCUT2D eigenvalue weighted by Gasteiger charge is -2.26. The topological polar surface area (TPSA) is 63.4 Å². The van der Waals surface area contributed by atoms with Crippen molar-refractivity contribution in [1.29, 1.82) is 0 Å². The number of ether oxygens (including phenoxy) is 1. The Kier molecular flexibility index (Phi) is 3.47. The molecule has 0 radical (unpaired) electrons. The summed E-state index contributed by atoms with van der Waals surface area (Å²) < 4.78 is 10.8. The van der Waals surface area contributed by atoms with Crippen LogP contribution in [0.15, 0.2) is 4.52 Å². The fourth-order valence-electron chi connectivity index (χ4n) is 2.64. The van der Waals surface area contributed by atoms with Crippen molar-refractivity contribution in [1.82, 2.24) is 15.5 Å². The zero-order valence-corrected chi connectivity index (χ0v) is 10.8. The van der Waals surface area contributed by atoms with Crippen LogP contribution in [0.2, 0.25) is 0 Å². The molecule has 2 fully saturated rings. The SMILES string of the molecule is CC1CC(c2nc(N3CCOCC3)no2)CCN1. The van der Waals surface area contributed by atoms with Crippen molar-refractivity contribution in [3.8, 4) is 0 Å². The second kappa shape index (κ2) is 5.24. The molecular formula is C12H20N4O2. The van der Waals surface area contributed by atoms with Crippen molar-refractivity contribution in [2.75, 3.05) is 37.7 Å². The highest BCUT2D eigenvalue weighted by atomic mass is 16.5. The summed E-state index contributed by atoms with van der Waals surface area (Å²) in [4.78, 5) is 6.68. The molecule has 0 amide bonds.